The van der Waals surface area contributed by atoms with Crippen molar-refractivity contribution in [3.8, 4) is 0 Å². The summed E-state index contributed by atoms with van der Waals surface area (Å²) in [4.78, 5) is 0. The van der Waals surface area contributed by atoms with Crippen LogP contribution in [0.4, 0.5) is 0 Å². The van der Waals surface area contributed by atoms with E-state index in [1.54, 1.807) is 0 Å². The van der Waals surface area contributed by atoms with Crippen LogP contribution in [0.5, 0.6) is 0 Å². The van der Waals surface area contributed by atoms with Gasteiger partial charge in [0, 0.05) is 11.1 Å². The van der Waals surface area contributed by atoms with Gasteiger partial charge in [-0.3, -0.25) is 0 Å². The summed E-state index contributed by atoms with van der Waals surface area (Å²) in [5, 5.41) is 0.754. The maximum atomic E-state index is 6.24. The Hall–Kier alpha value is -1.31. The van der Waals surface area contributed by atoms with Crippen molar-refractivity contribution in [2.45, 2.75) is 26.3 Å². The number of halogens is 1. The lowest BCUT2D eigenvalue weighted by molar-refractivity contribution is 0.721. The van der Waals surface area contributed by atoms with Gasteiger partial charge in [0.2, 0.25) is 0 Å². The molecule has 0 aliphatic carbocycles. The van der Waals surface area contributed by atoms with Crippen LogP contribution in [0.1, 0.15) is 28.3 Å². The molecule has 2 N–H and O–H groups in total. The lowest BCUT2D eigenvalue weighted by Gasteiger charge is -2.13. The fraction of sp³-hybridized carbons (Fsp3) is 0.250. The van der Waals surface area contributed by atoms with Crippen LogP contribution in [-0.2, 0) is 6.42 Å². The van der Waals surface area contributed by atoms with Crippen LogP contribution in [0.3, 0.4) is 0 Å². The SMILES string of the molecule is Cc1ccc(CC(N)c2cc(C)cc(Cl)c2)cc1. The van der Waals surface area contributed by atoms with Crippen LogP contribution in [0, 0.1) is 13.8 Å². The number of hydrogen-bond acceptors (Lipinski definition) is 1. The lowest BCUT2D eigenvalue weighted by atomic mass is 9.98. The second-order valence-corrected chi connectivity index (χ2v) is 5.29. The second kappa shape index (κ2) is 5.55. The molecule has 0 bridgehead atoms. The van der Waals surface area contributed by atoms with E-state index in [-0.39, 0.29) is 6.04 Å². The molecule has 0 amide bonds. The van der Waals surface area contributed by atoms with Crippen LogP contribution in [0.25, 0.3) is 0 Å². The first kappa shape index (κ1) is 13.1. The van der Waals surface area contributed by atoms with Gasteiger partial charge in [-0.05, 0) is 49.1 Å². The Morgan fingerprint density at radius 1 is 1.00 bits per heavy atom. The summed E-state index contributed by atoms with van der Waals surface area (Å²) in [5.41, 5.74) is 11.0. The van der Waals surface area contributed by atoms with Gasteiger partial charge in [0.15, 0.2) is 0 Å². The molecule has 94 valence electrons. The number of aryl methyl sites for hydroxylation is 2. The minimum absolute atomic E-state index is 0.00916. The molecule has 0 aromatic heterocycles. The largest absolute Gasteiger partial charge is 0.324 e. The highest BCUT2D eigenvalue weighted by molar-refractivity contribution is 6.30. The first-order valence-electron chi connectivity index (χ1n) is 6.13. The fourth-order valence-corrected chi connectivity index (χ4v) is 2.37. The summed E-state index contributed by atoms with van der Waals surface area (Å²) >= 11 is 6.06. The Morgan fingerprint density at radius 3 is 2.28 bits per heavy atom. The van der Waals surface area contributed by atoms with Gasteiger partial charge in [-0.15, -0.1) is 0 Å². The first-order valence-corrected chi connectivity index (χ1v) is 6.50. The predicted molar refractivity (Wildman–Crippen MR) is 78.0 cm³/mol. The minimum atomic E-state index is -0.00916. The Morgan fingerprint density at radius 2 is 1.67 bits per heavy atom. The molecule has 0 spiro atoms. The van der Waals surface area contributed by atoms with E-state index in [2.05, 4.69) is 37.3 Å². The van der Waals surface area contributed by atoms with Gasteiger partial charge in [-0.25, -0.2) is 0 Å². The summed E-state index contributed by atoms with van der Waals surface area (Å²) in [7, 11) is 0. The van der Waals surface area contributed by atoms with Gasteiger partial charge >= 0.3 is 0 Å². The first-order chi connectivity index (χ1) is 8.54. The fourth-order valence-electron chi connectivity index (χ4n) is 2.07. The van der Waals surface area contributed by atoms with Crippen molar-refractivity contribution in [3.63, 3.8) is 0 Å². The molecule has 0 saturated carbocycles. The van der Waals surface area contributed by atoms with E-state index in [4.69, 9.17) is 17.3 Å². The lowest BCUT2D eigenvalue weighted by Crippen LogP contribution is -2.13. The molecule has 0 heterocycles. The number of rotatable bonds is 3. The zero-order valence-corrected chi connectivity index (χ0v) is 11.5. The monoisotopic (exact) mass is 259 g/mol. The normalized spacial score (nSPS) is 12.4. The average molecular weight is 260 g/mol. The van der Waals surface area contributed by atoms with Gasteiger partial charge in [0.1, 0.15) is 0 Å². The molecule has 0 saturated heterocycles. The molecule has 0 radical (unpaired) electrons. The van der Waals surface area contributed by atoms with Crippen LogP contribution in [-0.4, -0.2) is 0 Å². The van der Waals surface area contributed by atoms with Crippen LogP contribution in [0.15, 0.2) is 42.5 Å². The van der Waals surface area contributed by atoms with E-state index in [9.17, 15) is 0 Å². The highest BCUT2D eigenvalue weighted by Crippen LogP contribution is 2.21. The molecule has 1 atom stereocenters. The van der Waals surface area contributed by atoms with E-state index in [0.717, 1.165) is 22.6 Å². The van der Waals surface area contributed by atoms with Crippen molar-refractivity contribution in [2.24, 2.45) is 5.73 Å². The summed E-state index contributed by atoms with van der Waals surface area (Å²) < 4.78 is 0. The van der Waals surface area contributed by atoms with Crippen molar-refractivity contribution in [1.82, 2.24) is 0 Å². The average Bonchev–Trinajstić information content (AvgIpc) is 2.31. The Bertz CT molecular complexity index is 511. The van der Waals surface area contributed by atoms with Crippen molar-refractivity contribution >= 4 is 11.6 Å². The van der Waals surface area contributed by atoms with Gasteiger partial charge < -0.3 is 5.73 Å². The molecule has 2 aromatic rings. The Balaban J connectivity index is 2.16. The van der Waals surface area contributed by atoms with Gasteiger partial charge in [-0.2, -0.15) is 0 Å². The van der Waals surface area contributed by atoms with E-state index in [1.165, 1.54) is 11.1 Å². The van der Waals surface area contributed by atoms with Crippen LogP contribution < -0.4 is 5.73 Å². The topological polar surface area (TPSA) is 26.0 Å². The smallest absolute Gasteiger partial charge is 0.0411 e. The van der Waals surface area contributed by atoms with Crippen LogP contribution in [0.2, 0.25) is 5.02 Å². The second-order valence-electron chi connectivity index (χ2n) is 4.86. The van der Waals surface area contributed by atoms with E-state index in [1.807, 2.05) is 19.1 Å². The zero-order valence-electron chi connectivity index (χ0n) is 10.8. The summed E-state index contributed by atoms with van der Waals surface area (Å²) in [6.07, 6.45) is 0.833. The molecule has 1 unspecified atom stereocenters. The summed E-state index contributed by atoms with van der Waals surface area (Å²) in [5.74, 6) is 0. The van der Waals surface area contributed by atoms with E-state index < -0.39 is 0 Å². The number of hydrogen-bond donors (Lipinski definition) is 1. The maximum Gasteiger partial charge on any atom is 0.0411 e. The quantitative estimate of drug-likeness (QED) is 0.878. The molecule has 0 aliphatic heterocycles. The Labute approximate surface area is 114 Å². The van der Waals surface area contributed by atoms with Gasteiger partial charge in [-0.1, -0.05) is 47.5 Å². The van der Waals surface area contributed by atoms with Gasteiger partial charge in [0.25, 0.3) is 0 Å². The van der Waals surface area contributed by atoms with Crippen LogP contribution >= 0.6 is 11.6 Å². The molecule has 0 fully saturated rings. The third-order valence-electron chi connectivity index (χ3n) is 3.07. The third-order valence-corrected chi connectivity index (χ3v) is 3.29. The molecular weight excluding hydrogens is 242 g/mol. The minimum Gasteiger partial charge on any atom is -0.324 e. The highest BCUT2D eigenvalue weighted by atomic mass is 35.5. The molecule has 0 aliphatic rings. The van der Waals surface area contributed by atoms with E-state index in [0.29, 0.717) is 0 Å². The maximum absolute atomic E-state index is 6.24. The summed E-state index contributed by atoms with van der Waals surface area (Å²) in [6.45, 7) is 4.12. The molecular formula is C16H18ClN. The van der Waals surface area contributed by atoms with Gasteiger partial charge in [0.05, 0.1) is 0 Å². The molecule has 18 heavy (non-hydrogen) atoms. The zero-order chi connectivity index (χ0) is 13.1. The van der Waals surface area contributed by atoms with Crippen molar-refractivity contribution in [3.05, 3.63) is 69.7 Å². The number of benzene rings is 2. The molecule has 2 heteroatoms. The molecule has 2 rings (SSSR count). The Kier molecular flexibility index (Phi) is 4.05. The molecule has 1 nitrogen and oxygen atoms in total. The van der Waals surface area contributed by atoms with E-state index >= 15 is 0 Å². The van der Waals surface area contributed by atoms with Crippen molar-refractivity contribution in [2.75, 3.05) is 0 Å². The summed E-state index contributed by atoms with van der Waals surface area (Å²) in [6, 6.07) is 14.5. The predicted octanol–water partition coefficient (Wildman–Crippen LogP) is 4.20. The molecule has 2 aromatic carbocycles. The highest BCUT2D eigenvalue weighted by Gasteiger charge is 2.08. The van der Waals surface area contributed by atoms with Crippen molar-refractivity contribution in [1.29, 1.82) is 0 Å². The van der Waals surface area contributed by atoms with Crippen molar-refractivity contribution < 1.29 is 0 Å². The standard InChI is InChI=1S/C16H18ClN/c1-11-3-5-13(6-4-11)9-16(18)14-7-12(2)8-15(17)10-14/h3-8,10,16H,9,18H2,1-2H3. The third kappa shape index (κ3) is 3.34. The number of nitrogens with two attached hydrogens (primary N) is 1.